The van der Waals surface area contributed by atoms with Gasteiger partial charge in [-0.05, 0) is 113 Å². The van der Waals surface area contributed by atoms with Crippen LogP contribution < -0.4 is 4.90 Å². The molecule has 2 aromatic heterocycles. The van der Waals surface area contributed by atoms with E-state index in [1.165, 1.54) is 66.1 Å². The lowest BCUT2D eigenvalue weighted by Crippen LogP contribution is -2.09. The SMILES string of the molecule is C1=C(c2ccc(N(c3ccccc3)c3ccc(-c4ccc5c(c4)c4ccccc4n5-c4ccc(-c5ccccc5)cc4)cc3)cc2)c2oc3ccccc3c2CC1. The highest BCUT2D eigenvalue weighted by molar-refractivity contribution is 6.10. The van der Waals surface area contributed by atoms with Gasteiger partial charge >= 0.3 is 0 Å². The van der Waals surface area contributed by atoms with Gasteiger partial charge in [-0.25, -0.2) is 0 Å². The van der Waals surface area contributed by atoms with Gasteiger partial charge in [0.15, 0.2) is 0 Å². The number of hydrogen-bond donors (Lipinski definition) is 0. The molecule has 1 aliphatic carbocycles. The number of furan rings is 1. The van der Waals surface area contributed by atoms with Gasteiger partial charge in [-0.3, -0.25) is 0 Å². The van der Waals surface area contributed by atoms with Crippen LogP contribution in [0.5, 0.6) is 0 Å². The zero-order valence-electron chi connectivity index (χ0n) is 31.3. The fraction of sp³-hybridized carbons (Fsp3) is 0.0370. The second-order valence-electron chi connectivity index (χ2n) is 14.8. The first-order valence-corrected chi connectivity index (χ1v) is 19.7. The maximum atomic E-state index is 6.43. The number of hydrogen-bond acceptors (Lipinski definition) is 2. The summed E-state index contributed by atoms with van der Waals surface area (Å²) in [7, 11) is 0. The third-order valence-electron chi connectivity index (χ3n) is 11.5. The van der Waals surface area contributed by atoms with Crippen LogP contribution in [0.2, 0.25) is 0 Å². The Hall–Kier alpha value is -7.36. The van der Waals surface area contributed by atoms with Gasteiger partial charge in [-0.15, -0.1) is 0 Å². The van der Waals surface area contributed by atoms with Gasteiger partial charge in [0.25, 0.3) is 0 Å². The van der Waals surface area contributed by atoms with E-state index in [2.05, 4.69) is 210 Å². The fourth-order valence-electron chi connectivity index (χ4n) is 8.75. The Morgan fingerprint density at radius 2 is 0.965 bits per heavy atom. The Morgan fingerprint density at radius 1 is 0.421 bits per heavy atom. The molecular weight excluding hydrogens is 693 g/mol. The Labute approximate surface area is 332 Å². The molecule has 0 N–H and O–H groups in total. The molecule has 0 aliphatic heterocycles. The highest BCUT2D eigenvalue weighted by atomic mass is 16.3. The second-order valence-corrected chi connectivity index (χ2v) is 14.8. The number of aromatic nitrogens is 1. The molecule has 0 atom stereocenters. The average molecular weight is 731 g/mol. The minimum Gasteiger partial charge on any atom is -0.456 e. The van der Waals surface area contributed by atoms with Crippen LogP contribution in [-0.2, 0) is 6.42 Å². The number of fused-ring (bicyclic) bond motifs is 6. The number of rotatable bonds is 7. The molecule has 0 saturated heterocycles. The van der Waals surface area contributed by atoms with E-state index in [0.717, 1.165) is 46.9 Å². The van der Waals surface area contributed by atoms with Crippen molar-refractivity contribution in [3.05, 3.63) is 223 Å². The molecule has 3 nitrogen and oxygen atoms in total. The van der Waals surface area contributed by atoms with Crippen LogP contribution in [0.1, 0.15) is 23.3 Å². The first kappa shape index (κ1) is 33.0. The van der Waals surface area contributed by atoms with Crippen molar-refractivity contribution in [2.45, 2.75) is 12.8 Å². The molecule has 0 amide bonds. The molecule has 2 heterocycles. The summed E-state index contributed by atoms with van der Waals surface area (Å²) in [5, 5.41) is 3.72. The standard InChI is InChI=1S/C54H38N2O/c1-3-12-37(13-4-1)38-22-31-45(32-23-38)56-51-20-9-7-16-47(51)50-36-41(28-35-52(50)56)39-24-29-43(30-25-39)55(42-14-5-2-6-15-42)44-33-26-40(27-34-44)46-18-11-19-49-48-17-8-10-21-53(48)57-54(46)49/h1-10,12-18,20-36H,11,19H2. The van der Waals surface area contributed by atoms with E-state index in [1.54, 1.807) is 0 Å². The van der Waals surface area contributed by atoms with Crippen molar-refractivity contribution < 1.29 is 4.42 Å². The first-order chi connectivity index (χ1) is 28.3. The van der Waals surface area contributed by atoms with E-state index in [-0.39, 0.29) is 0 Å². The van der Waals surface area contributed by atoms with Gasteiger partial charge in [0, 0.05) is 50.0 Å². The summed E-state index contributed by atoms with van der Waals surface area (Å²) >= 11 is 0. The highest BCUT2D eigenvalue weighted by Crippen LogP contribution is 2.41. The van der Waals surface area contributed by atoms with Gasteiger partial charge < -0.3 is 13.9 Å². The Balaban J connectivity index is 0.926. The van der Waals surface area contributed by atoms with Crippen molar-refractivity contribution >= 4 is 55.4 Å². The van der Waals surface area contributed by atoms with E-state index in [4.69, 9.17) is 4.42 Å². The molecule has 0 radical (unpaired) electrons. The van der Waals surface area contributed by atoms with E-state index in [9.17, 15) is 0 Å². The highest BCUT2D eigenvalue weighted by Gasteiger charge is 2.22. The third kappa shape index (κ3) is 5.75. The third-order valence-corrected chi connectivity index (χ3v) is 11.5. The topological polar surface area (TPSA) is 21.3 Å². The number of nitrogens with zero attached hydrogens (tertiary/aromatic N) is 2. The summed E-state index contributed by atoms with van der Waals surface area (Å²) in [6, 6.07) is 72.0. The van der Waals surface area contributed by atoms with E-state index < -0.39 is 0 Å². The van der Waals surface area contributed by atoms with Gasteiger partial charge in [-0.1, -0.05) is 133 Å². The van der Waals surface area contributed by atoms with Crippen molar-refractivity contribution in [1.82, 2.24) is 4.57 Å². The first-order valence-electron chi connectivity index (χ1n) is 19.7. The van der Waals surface area contributed by atoms with Crippen molar-refractivity contribution in [1.29, 1.82) is 0 Å². The normalized spacial score (nSPS) is 12.5. The largest absolute Gasteiger partial charge is 0.456 e. The summed E-state index contributed by atoms with van der Waals surface area (Å²) in [6.45, 7) is 0. The minimum absolute atomic E-state index is 0.960. The predicted molar refractivity (Wildman–Crippen MR) is 238 cm³/mol. The number of aryl methyl sites for hydroxylation is 1. The average Bonchev–Trinajstić information content (AvgIpc) is 3.84. The van der Waals surface area contributed by atoms with Crippen LogP contribution in [0, 0.1) is 0 Å². The Bertz CT molecular complexity index is 3080. The zero-order chi connectivity index (χ0) is 37.7. The van der Waals surface area contributed by atoms with E-state index in [1.807, 2.05) is 6.07 Å². The van der Waals surface area contributed by atoms with Crippen LogP contribution in [0.25, 0.3) is 66.3 Å². The van der Waals surface area contributed by atoms with Crippen LogP contribution in [0.4, 0.5) is 17.1 Å². The van der Waals surface area contributed by atoms with Crippen molar-refractivity contribution in [2.24, 2.45) is 0 Å². The number of para-hydroxylation sites is 3. The van der Waals surface area contributed by atoms with E-state index in [0.29, 0.717) is 0 Å². The van der Waals surface area contributed by atoms with Crippen molar-refractivity contribution in [3.63, 3.8) is 0 Å². The molecule has 0 unspecified atom stereocenters. The summed E-state index contributed by atoms with van der Waals surface area (Å²) in [5.41, 5.74) is 16.3. The molecule has 0 fully saturated rings. The molecule has 8 aromatic carbocycles. The smallest absolute Gasteiger partial charge is 0.138 e. The Kier molecular flexibility index (Phi) is 7.96. The lowest BCUT2D eigenvalue weighted by molar-refractivity contribution is 0.591. The van der Waals surface area contributed by atoms with Crippen molar-refractivity contribution in [3.8, 4) is 27.9 Å². The molecule has 270 valence electrons. The maximum absolute atomic E-state index is 6.43. The summed E-state index contributed by atoms with van der Waals surface area (Å²) in [4.78, 5) is 2.33. The Morgan fingerprint density at radius 3 is 1.72 bits per heavy atom. The van der Waals surface area contributed by atoms with Crippen LogP contribution in [0.15, 0.2) is 211 Å². The van der Waals surface area contributed by atoms with Crippen LogP contribution in [0.3, 0.4) is 0 Å². The van der Waals surface area contributed by atoms with Crippen LogP contribution in [-0.4, -0.2) is 4.57 Å². The molecule has 11 rings (SSSR count). The summed E-state index contributed by atoms with van der Waals surface area (Å²) in [5.74, 6) is 1.01. The number of allylic oxidation sites excluding steroid dienone is 1. The fourth-order valence-corrected chi connectivity index (χ4v) is 8.75. The number of anilines is 3. The van der Waals surface area contributed by atoms with E-state index >= 15 is 0 Å². The summed E-state index contributed by atoms with van der Waals surface area (Å²) < 4.78 is 8.81. The predicted octanol–water partition coefficient (Wildman–Crippen LogP) is 14.7. The monoisotopic (exact) mass is 730 g/mol. The lowest BCUT2D eigenvalue weighted by atomic mass is 9.91. The minimum atomic E-state index is 0.960. The molecule has 0 saturated carbocycles. The molecule has 1 aliphatic rings. The maximum Gasteiger partial charge on any atom is 0.138 e. The van der Waals surface area contributed by atoms with Gasteiger partial charge in [0.1, 0.15) is 11.3 Å². The van der Waals surface area contributed by atoms with Crippen molar-refractivity contribution in [2.75, 3.05) is 4.90 Å². The molecule has 10 aromatic rings. The van der Waals surface area contributed by atoms with Gasteiger partial charge in [0.05, 0.1) is 11.0 Å². The molecule has 3 heteroatoms. The van der Waals surface area contributed by atoms with Gasteiger partial charge in [-0.2, -0.15) is 0 Å². The second kappa shape index (κ2) is 13.7. The quantitative estimate of drug-likeness (QED) is 0.163. The lowest BCUT2D eigenvalue weighted by Gasteiger charge is -2.26. The number of benzene rings is 8. The molecule has 0 spiro atoms. The molecule has 0 bridgehead atoms. The molecular formula is C54H38N2O. The molecule has 57 heavy (non-hydrogen) atoms. The van der Waals surface area contributed by atoms with Gasteiger partial charge in [0.2, 0.25) is 0 Å². The summed E-state index contributed by atoms with van der Waals surface area (Å²) in [6.07, 6.45) is 4.34. The van der Waals surface area contributed by atoms with Crippen LogP contribution >= 0.6 is 0 Å². The zero-order valence-corrected chi connectivity index (χ0v) is 31.3.